The molecular formula is C12H13ClN2O. The molecule has 4 heteroatoms. The van der Waals surface area contributed by atoms with Crippen LogP contribution in [-0.4, -0.2) is 0 Å². The summed E-state index contributed by atoms with van der Waals surface area (Å²) in [4.78, 5) is 0. The largest absolute Gasteiger partial charge is 0.455 e. The molecule has 3 nitrogen and oxygen atoms in total. The van der Waals surface area contributed by atoms with Crippen molar-refractivity contribution in [1.29, 1.82) is 0 Å². The Kier molecular flexibility index (Phi) is 4.64. The van der Waals surface area contributed by atoms with E-state index in [1.807, 2.05) is 54.6 Å². The molecule has 2 aromatic carbocycles. The molecule has 3 N–H and O–H groups in total. The van der Waals surface area contributed by atoms with E-state index in [4.69, 9.17) is 10.6 Å². The summed E-state index contributed by atoms with van der Waals surface area (Å²) in [5, 5.41) is 0. The van der Waals surface area contributed by atoms with Gasteiger partial charge in [-0.3, -0.25) is 5.84 Å². The van der Waals surface area contributed by atoms with Crippen molar-refractivity contribution in [2.24, 2.45) is 5.84 Å². The molecule has 0 fully saturated rings. The molecule has 0 aliphatic carbocycles. The zero-order valence-corrected chi connectivity index (χ0v) is 9.41. The van der Waals surface area contributed by atoms with Crippen molar-refractivity contribution in [2.75, 3.05) is 5.43 Å². The lowest BCUT2D eigenvalue weighted by molar-refractivity contribution is 0.484. The van der Waals surface area contributed by atoms with E-state index in [0.29, 0.717) is 5.75 Å². The number of nitrogen functional groups attached to an aromatic ring is 1. The quantitative estimate of drug-likeness (QED) is 0.636. The zero-order chi connectivity index (χ0) is 10.5. The first kappa shape index (κ1) is 12.4. The van der Waals surface area contributed by atoms with Gasteiger partial charge < -0.3 is 10.2 Å². The van der Waals surface area contributed by atoms with Gasteiger partial charge in [-0.15, -0.1) is 12.4 Å². The molecule has 2 rings (SSSR count). The van der Waals surface area contributed by atoms with E-state index in [-0.39, 0.29) is 12.4 Å². The third-order valence-electron chi connectivity index (χ3n) is 2.01. The molecular weight excluding hydrogens is 224 g/mol. The Morgan fingerprint density at radius 1 is 0.875 bits per heavy atom. The first-order valence-corrected chi connectivity index (χ1v) is 4.68. The van der Waals surface area contributed by atoms with Gasteiger partial charge in [-0.1, -0.05) is 30.3 Å². The summed E-state index contributed by atoms with van der Waals surface area (Å²) in [5.41, 5.74) is 3.36. The molecule has 0 radical (unpaired) electrons. The topological polar surface area (TPSA) is 47.3 Å². The standard InChI is InChI=1S/C12H12N2O.ClH/c13-14-11-8-4-5-9-12(11)15-10-6-2-1-3-7-10;/h1-9,14H,13H2;1H. The highest BCUT2D eigenvalue weighted by Crippen LogP contribution is 2.27. The Morgan fingerprint density at radius 3 is 2.19 bits per heavy atom. The molecule has 0 bridgehead atoms. The number of ether oxygens (including phenoxy) is 1. The minimum atomic E-state index is 0. The van der Waals surface area contributed by atoms with Crippen molar-refractivity contribution in [3.63, 3.8) is 0 Å². The fraction of sp³-hybridized carbons (Fsp3) is 0. The Labute approximate surface area is 101 Å². The van der Waals surface area contributed by atoms with Gasteiger partial charge in [0.1, 0.15) is 5.75 Å². The highest BCUT2D eigenvalue weighted by molar-refractivity contribution is 5.85. The van der Waals surface area contributed by atoms with Gasteiger partial charge in [0.25, 0.3) is 0 Å². The fourth-order valence-electron chi connectivity index (χ4n) is 1.29. The van der Waals surface area contributed by atoms with Crippen LogP contribution in [0.15, 0.2) is 54.6 Å². The maximum absolute atomic E-state index is 5.66. The Balaban J connectivity index is 0.00000128. The Morgan fingerprint density at radius 2 is 1.50 bits per heavy atom. The van der Waals surface area contributed by atoms with Crippen molar-refractivity contribution < 1.29 is 4.74 Å². The lowest BCUT2D eigenvalue weighted by atomic mass is 10.3. The van der Waals surface area contributed by atoms with Crippen LogP contribution in [0.5, 0.6) is 11.5 Å². The van der Waals surface area contributed by atoms with Crippen LogP contribution in [0.1, 0.15) is 0 Å². The maximum Gasteiger partial charge on any atom is 0.151 e. The molecule has 16 heavy (non-hydrogen) atoms. The van der Waals surface area contributed by atoms with Gasteiger partial charge in [-0.25, -0.2) is 0 Å². The van der Waals surface area contributed by atoms with Crippen LogP contribution in [0, 0.1) is 0 Å². The lowest BCUT2D eigenvalue weighted by Gasteiger charge is -2.09. The molecule has 84 valence electrons. The van der Waals surface area contributed by atoms with E-state index in [1.54, 1.807) is 0 Å². The second-order valence-electron chi connectivity index (χ2n) is 3.06. The Bertz CT molecular complexity index is 434. The van der Waals surface area contributed by atoms with E-state index in [0.717, 1.165) is 11.4 Å². The summed E-state index contributed by atoms with van der Waals surface area (Å²) in [6.07, 6.45) is 0. The molecule has 0 heterocycles. The fourth-order valence-corrected chi connectivity index (χ4v) is 1.29. The van der Waals surface area contributed by atoms with Crippen LogP contribution >= 0.6 is 12.4 Å². The normalized spacial score (nSPS) is 9.06. The van der Waals surface area contributed by atoms with Gasteiger partial charge in [0, 0.05) is 0 Å². The number of hydrogen-bond donors (Lipinski definition) is 2. The molecule has 0 saturated heterocycles. The van der Waals surface area contributed by atoms with Crippen LogP contribution in [0.2, 0.25) is 0 Å². The molecule has 0 unspecified atom stereocenters. The predicted octanol–water partition coefficient (Wildman–Crippen LogP) is 3.19. The number of halogens is 1. The summed E-state index contributed by atoms with van der Waals surface area (Å²) in [7, 11) is 0. The number of hydrazine groups is 1. The minimum absolute atomic E-state index is 0. The first-order chi connectivity index (χ1) is 7.40. The maximum atomic E-state index is 5.66. The number of benzene rings is 2. The van der Waals surface area contributed by atoms with Crippen molar-refractivity contribution >= 4 is 18.1 Å². The molecule has 0 amide bonds. The van der Waals surface area contributed by atoms with Gasteiger partial charge in [-0.05, 0) is 24.3 Å². The lowest BCUT2D eigenvalue weighted by Crippen LogP contribution is -2.07. The summed E-state index contributed by atoms with van der Waals surface area (Å²) in [6, 6.07) is 17.1. The van der Waals surface area contributed by atoms with Crippen LogP contribution in [-0.2, 0) is 0 Å². The third-order valence-corrected chi connectivity index (χ3v) is 2.01. The number of nitrogens with one attached hydrogen (secondary N) is 1. The minimum Gasteiger partial charge on any atom is -0.455 e. The molecule has 2 aromatic rings. The zero-order valence-electron chi connectivity index (χ0n) is 8.59. The van der Waals surface area contributed by atoms with E-state index in [9.17, 15) is 0 Å². The van der Waals surface area contributed by atoms with Crippen molar-refractivity contribution in [2.45, 2.75) is 0 Å². The predicted molar refractivity (Wildman–Crippen MR) is 68.0 cm³/mol. The van der Waals surface area contributed by atoms with Crippen molar-refractivity contribution in [3.05, 3.63) is 54.6 Å². The SMILES string of the molecule is Cl.NNc1ccccc1Oc1ccccc1. The monoisotopic (exact) mass is 236 g/mol. The van der Waals surface area contributed by atoms with E-state index in [1.165, 1.54) is 0 Å². The summed E-state index contributed by atoms with van der Waals surface area (Å²) in [5.74, 6) is 6.88. The summed E-state index contributed by atoms with van der Waals surface area (Å²) >= 11 is 0. The average Bonchev–Trinajstić information content (AvgIpc) is 2.31. The molecule has 0 saturated carbocycles. The van der Waals surface area contributed by atoms with Crippen molar-refractivity contribution in [3.8, 4) is 11.5 Å². The van der Waals surface area contributed by atoms with Crippen LogP contribution < -0.4 is 16.0 Å². The van der Waals surface area contributed by atoms with Crippen LogP contribution in [0.3, 0.4) is 0 Å². The highest BCUT2D eigenvalue weighted by atomic mass is 35.5. The molecule has 0 aliphatic heterocycles. The summed E-state index contributed by atoms with van der Waals surface area (Å²) < 4.78 is 5.66. The smallest absolute Gasteiger partial charge is 0.151 e. The van der Waals surface area contributed by atoms with Gasteiger partial charge in [0.15, 0.2) is 5.75 Å². The van der Waals surface area contributed by atoms with E-state index >= 15 is 0 Å². The van der Waals surface area contributed by atoms with Crippen molar-refractivity contribution in [1.82, 2.24) is 0 Å². The molecule has 0 atom stereocenters. The van der Waals surface area contributed by atoms with Crippen LogP contribution in [0.25, 0.3) is 0 Å². The number of hydrogen-bond acceptors (Lipinski definition) is 3. The highest BCUT2D eigenvalue weighted by Gasteiger charge is 2.01. The van der Waals surface area contributed by atoms with Gasteiger partial charge in [0.2, 0.25) is 0 Å². The first-order valence-electron chi connectivity index (χ1n) is 4.68. The Hall–Kier alpha value is -1.71. The number of anilines is 1. The molecule has 0 spiro atoms. The van der Waals surface area contributed by atoms with E-state index in [2.05, 4.69) is 5.43 Å². The summed E-state index contributed by atoms with van der Waals surface area (Å²) in [6.45, 7) is 0. The molecule has 0 aromatic heterocycles. The van der Waals surface area contributed by atoms with Gasteiger partial charge in [0.05, 0.1) is 5.69 Å². The second kappa shape index (κ2) is 6.00. The van der Waals surface area contributed by atoms with E-state index < -0.39 is 0 Å². The molecule has 0 aliphatic rings. The van der Waals surface area contributed by atoms with Crippen LogP contribution in [0.4, 0.5) is 5.69 Å². The second-order valence-corrected chi connectivity index (χ2v) is 3.06. The average molecular weight is 237 g/mol. The number of nitrogens with two attached hydrogens (primary N) is 1. The third kappa shape index (κ3) is 2.89. The van der Waals surface area contributed by atoms with Gasteiger partial charge in [-0.2, -0.15) is 0 Å². The number of rotatable bonds is 3. The van der Waals surface area contributed by atoms with Gasteiger partial charge >= 0.3 is 0 Å². The number of para-hydroxylation sites is 3.